The third kappa shape index (κ3) is 4.11. The Bertz CT molecular complexity index is 201. The number of rotatable bonds is 5. The zero-order valence-electron chi connectivity index (χ0n) is 7.31. The summed E-state index contributed by atoms with van der Waals surface area (Å²) in [6.07, 6.45) is -1.95. The summed E-state index contributed by atoms with van der Waals surface area (Å²) in [7, 11) is 0. The van der Waals surface area contributed by atoms with Gasteiger partial charge in [0.1, 0.15) is 0 Å². The predicted molar refractivity (Wildman–Crippen MR) is 35.1 cm³/mol. The molecule has 0 amide bonds. The number of aliphatic hydroxyl groups excluding tert-OH is 1. The number of hydrogen-bond acceptors (Lipinski definition) is 3. The smallest absolute Gasteiger partial charge is 0.768 e. The third-order valence-corrected chi connectivity index (χ3v) is 2.00. The second kappa shape index (κ2) is 6.39. The Morgan fingerprint density at radius 1 is 1.29 bits per heavy atom. The maximum atomic E-state index is 12.4. The van der Waals surface area contributed by atoms with Gasteiger partial charge in [-0.3, -0.25) is 4.21 Å². The van der Waals surface area contributed by atoms with Crippen molar-refractivity contribution in [2.24, 2.45) is 0 Å². The Labute approximate surface area is 102 Å². The van der Waals surface area contributed by atoms with Gasteiger partial charge in [-0.15, -0.1) is 0 Å². The number of aliphatic hydroxyl groups is 1. The van der Waals surface area contributed by atoms with Gasteiger partial charge in [0.05, 0.1) is 0 Å². The van der Waals surface area contributed by atoms with Crippen LogP contribution >= 0.6 is 0 Å². The molecule has 1 atom stereocenters. The van der Waals surface area contributed by atoms with E-state index in [0.717, 1.165) is 0 Å². The van der Waals surface area contributed by atoms with Gasteiger partial charge >= 0.3 is 40.7 Å². The van der Waals surface area contributed by atoms with Crippen LogP contribution < -0.4 is 29.6 Å². The van der Waals surface area contributed by atoms with Gasteiger partial charge < -0.3 is 9.66 Å². The fraction of sp³-hybridized carbons (Fsp3) is 1.00. The van der Waals surface area contributed by atoms with Gasteiger partial charge in [0.15, 0.2) is 0 Å². The second-order valence-corrected chi connectivity index (χ2v) is 3.27. The van der Waals surface area contributed by atoms with Gasteiger partial charge in [0.2, 0.25) is 0 Å². The van der Waals surface area contributed by atoms with Crippen LogP contribution in [-0.2, 0) is 11.1 Å². The fourth-order valence-electron chi connectivity index (χ4n) is 0.569. The van der Waals surface area contributed by atoms with Gasteiger partial charge in [-0.25, -0.2) is 0 Å². The summed E-state index contributed by atoms with van der Waals surface area (Å²) in [6.45, 7) is -0.697. The van der Waals surface area contributed by atoms with Gasteiger partial charge in [0, 0.05) is 24.1 Å². The Kier molecular flexibility index (Phi) is 7.85. The molecule has 0 aliphatic carbocycles. The maximum absolute atomic E-state index is 12.4. The molecule has 0 aromatic carbocycles. The van der Waals surface area contributed by atoms with E-state index in [2.05, 4.69) is 0 Å². The van der Waals surface area contributed by atoms with Crippen molar-refractivity contribution in [1.29, 1.82) is 0 Å². The number of hydrogen-bond donors (Lipinski definition) is 1. The van der Waals surface area contributed by atoms with Crippen LogP contribution in [0, 0.1) is 0 Å². The van der Waals surface area contributed by atoms with Crippen LogP contribution in [0.5, 0.6) is 0 Å². The molecule has 0 radical (unpaired) electrons. The van der Waals surface area contributed by atoms with Crippen LogP contribution in [0.15, 0.2) is 0 Å². The van der Waals surface area contributed by atoms with E-state index in [1.165, 1.54) is 0 Å². The topological polar surface area (TPSA) is 60.4 Å². The molecule has 0 aliphatic heterocycles. The molecule has 1 unspecified atom stereocenters. The van der Waals surface area contributed by atoms with E-state index < -0.39 is 41.7 Å². The van der Waals surface area contributed by atoms with Crippen LogP contribution in [0.3, 0.4) is 0 Å². The fourth-order valence-corrected chi connectivity index (χ4v) is 0.914. The summed E-state index contributed by atoms with van der Waals surface area (Å²) in [6, 6.07) is 0. The van der Waals surface area contributed by atoms with E-state index in [0.29, 0.717) is 0 Å². The SMILES string of the molecule is O=S([O-])C(F)(F)C(F)(F)CCCO.[Na+]. The average Bonchev–Trinajstić information content (AvgIpc) is 2.00. The summed E-state index contributed by atoms with van der Waals surface area (Å²) >= 11 is -4.16. The van der Waals surface area contributed by atoms with E-state index in [9.17, 15) is 26.3 Å². The van der Waals surface area contributed by atoms with Crippen molar-refractivity contribution in [2.45, 2.75) is 24.0 Å². The standard InChI is InChI=1S/C5H8F4O3S.Na/c6-4(7,2-1-3-10)5(8,9)13(11)12;/h10H,1-3H2,(H,11,12);/q;+1/p-1. The zero-order valence-corrected chi connectivity index (χ0v) is 10.1. The molecule has 0 aromatic rings. The quantitative estimate of drug-likeness (QED) is 0.342. The molecule has 0 saturated heterocycles. The largest absolute Gasteiger partial charge is 1.00 e. The molecule has 0 heterocycles. The minimum absolute atomic E-state index is 0. The Balaban J connectivity index is 0. The summed E-state index contributed by atoms with van der Waals surface area (Å²) in [5, 5.41) is 3.02. The number of halogens is 4. The van der Waals surface area contributed by atoms with E-state index in [4.69, 9.17) is 5.11 Å². The molecule has 0 saturated carbocycles. The van der Waals surface area contributed by atoms with Crippen molar-refractivity contribution in [3.63, 3.8) is 0 Å². The van der Waals surface area contributed by atoms with Crippen molar-refractivity contribution in [3.8, 4) is 0 Å². The molecule has 1 N–H and O–H groups in total. The van der Waals surface area contributed by atoms with Crippen molar-refractivity contribution in [3.05, 3.63) is 0 Å². The minimum Gasteiger partial charge on any atom is -0.768 e. The molecule has 0 aliphatic rings. The van der Waals surface area contributed by atoms with Gasteiger partial charge in [-0.1, -0.05) is 0 Å². The van der Waals surface area contributed by atoms with Crippen molar-refractivity contribution in [2.75, 3.05) is 6.61 Å². The molecule has 80 valence electrons. The van der Waals surface area contributed by atoms with Crippen molar-refractivity contribution >= 4 is 11.1 Å². The average molecular weight is 246 g/mol. The van der Waals surface area contributed by atoms with E-state index >= 15 is 0 Å². The van der Waals surface area contributed by atoms with Crippen LogP contribution in [-0.4, -0.2) is 31.7 Å². The summed E-state index contributed by atoms with van der Waals surface area (Å²) in [4.78, 5) is 0. The summed E-state index contributed by atoms with van der Waals surface area (Å²) in [5.41, 5.74) is 0. The molecule has 0 spiro atoms. The monoisotopic (exact) mass is 246 g/mol. The summed E-state index contributed by atoms with van der Waals surface area (Å²) in [5.74, 6) is -4.64. The first-order valence-electron chi connectivity index (χ1n) is 3.21. The predicted octanol–water partition coefficient (Wildman–Crippen LogP) is -2.13. The first-order chi connectivity index (χ1) is 5.75. The van der Waals surface area contributed by atoms with Gasteiger partial charge in [0.25, 0.3) is 0 Å². The van der Waals surface area contributed by atoms with Gasteiger partial charge in [-0.2, -0.15) is 17.6 Å². The van der Waals surface area contributed by atoms with Crippen molar-refractivity contribution in [1.82, 2.24) is 0 Å². The minimum atomic E-state index is -5.08. The van der Waals surface area contributed by atoms with Gasteiger partial charge in [-0.05, 0) is 6.42 Å². The first kappa shape index (κ1) is 17.2. The van der Waals surface area contributed by atoms with E-state index in [1.54, 1.807) is 0 Å². The zero-order chi connectivity index (χ0) is 10.7. The third-order valence-electron chi connectivity index (χ3n) is 1.28. The second-order valence-electron chi connectivity index (χ2n) is 2.28. The first-order valence-corrected chi connectivity index (χ1v) is 4.29. The Hall–Kier alpha value is 0.790. The Morgan fingerprint density at radius 3 is 2.00 bits per heavy atom. The Morgan fingerprint density at radius 2 is 1.71 bits per heavy atom. The van der Waals surface area contributed by atoms with E-state index in [1.807, 2.05) is 0 Å². The normalized spacial score (nSPS) is 14.7. The van der Waals surface area contributed by atoms with E-state index in [-0.39, 0.29) is 29.6 Å². The molecule has 0 bridgehead atoms. The molecule has 0 fully saturated rings. The van der Waals surface area contributed by atoms with Crippen molar-refractivity contribution < 1.29 is 61.0 Å². The molecular formula is C5H7F4NaO3S. The molecule has 0 aromatic heterocycles. The molecule has 0 rings (SSSR count). The molecule has 9 heteroatoms. The van der Waals surface area contributed by atoms with Crippen LogP contribution in [0.25, 0.3) is 0 Å². The molecule has 3 nitrogen and oxygen atoms in total. The summed E-state index contributed by atoms with van der Waals surface area (Å²) < 4.78 is 68.7. The molecular weight excluding hydrogens is 239 g/mol. The maximum Gasteiger partial charge on any atom is 1.00 e. The molecule has 14 heavy (non-hydrogen) atoms. The van der Waals surface area contributed by atoms with Crippen LogP contribution in [0.4, 0.5) is 17.6 Å². The van der Waals surface area contributed by atoms with Crippen LogP contribution in [0.1, 0.15) is 12.8 Å². The number of alkyl halides is 4. The van der Waals surface area contributed by atoms with Crippen LogP contribution in [0.2, 0.25) is 0 Å².